The first-order chi connectivity index (χ1) is 16.2. The van der Waals surface area contributed by atoms with Gasteiger partial charge in [-0.2, -0.15) is 0 Å². The standard InChI is InChI=1S/C24H23FN6O3/c1-34-20-13-23(28,10-11-29-20)24(22(27)33,16-4-2-3-5-17(16)25)31-19-9-8-14-6-7-15(21(26)32)12-18(14)30-19/h2-12H,13,28H2,1H3,(H2,26,32)(H2,27,33)(H,30,31). The summed E-state index contributed by atoms with van der Waals surface area (Å²) in [5.41, 5.74) is 15.1. The maximum absolute atomic E-state index is 15.2. The fourth-order valence-electron chi connectivity index (χ4n) is 4.15. The number of carbonyl (C=O) groups is 2. The Morgan fingerprint density at radius 2 is 1.88 bits per heavy atom. The molecule has 0 saturated carbocycles. The molecule has 10 heteroatoms. The zero-order chi connectivity index (χ0) is 24.5. The summed E-state index contributed by atoms with van der Waals surface area (Å²) in [4.78, 5) is 33.4. The second-order valence-electron chi connectivity index (χ2n) is 7.95. The number of hydrogen-bond acceptors (Lipinski definition) is 7. The smallest absolute Gasteiger partial charge is 0.250 e. The van der Waals surface area contributed by atoms with Gasteiger partial charge in [0.25, 0.3) is 0 Å². The normalized spacial score (nSPS) is 19.2. The number of aromatic nitrogens is 1. The number of halogens is 1. The lowest BCUT2D eigenvalue weighted by atomic mass is 9.69. The molecule has 0 radical (unpaired) electrons. The van der Waals surface area contributed by atoms with E-state index in [1.54, 1.807) is 30.3 Å². The topological polar surface area (TPSA) is 159 Å². The third-order valence-electron chi connectivity index (χ3n) is 5.91. The molecule has 2 heterocycles. The number of carbonyl (C=O) groups excluding carboxylic acids is 2. The highest BCUT2D eigenvalue weighted by Gasteiger charge is 2.56. The first-order valence-electron chi connectivity index (χ1n) is 10.3. The van der Waals surface area contributed by atoms with E-state index in [1.165, 1.54) is 43.7 Å². The Bertz CT molecular complexity index is 1360. The predicted molar refractivity (Wildman–Crippen MR) is 126 cm³/mol. The van der Waals surface area contributed by atoms with Crippen LogP contribution in [0.15, 0.2) is 71.9 Å². The largest absolute Gasteiger partial charge is 0.484 e. The lowest BCUT2D eigenvalue weighted by Crippen LogP contribution is -2.68. The maximum atomic E-state index is 15.2. The summed E-state index contributed by atoms with van der Waals surface area (Å²) < 4.78 is 20.4. The van der Waals surface area contributed by atoms with Crippen LogP contribution in [0.1, 0.15) is 22.3 Å². The van der Waals surface area contributed by atoms with E-state index < -0.39 is 28.7 Å². The molecule has 2 aromatic carbocycles. The Kier molecular flexibility index (Phi) is 5.76. The fraction of sp³-hybridized carbons (Fsp3) is 0.167. The van der Waals surface area contributed by atoms with Gasteiger partial charge in [-0.1, -0.05) is 24.3 Å². The Morgan fingerprint density at radius 1 is 1.15 bits per heavy atom. The second-order valence-corrected chi connectivity index (χ2v) is 7.95. The molecule has 0 bridgehead atoms. The van der Waals surface area contributed by atoms with Crippen LogP contribution < -0.4 is 22.5 Å². The summed E-state index contributed by atoms with van der Waals surface area (Å²) in [6.07, 6.45) is 2.81. The molecule has 0 fully saturated rings. The van der Waals surface area contributed by atoms with Crippen LogP contribution in [0.3, 0.4) is 0 Å². The van der Waals surface area contributed by atoms with Crippen LogP contribution >= 0.6 is 0 Å². The molecule has 1 aliphatic heterocycles. The number of fused-ring (bicyclic) bond motifs is 1. The number of methoxy groups -OCH3 is 1. The third-order valence-corrected chi connectivity index (χ3v) is 5.91. The first kappa shape index (κ1) is 22.9. The molecule has 174 valence electrons. The van der Waals surface area contributed by atoms with Gasteiger partial charge in [0.1, 0.15) is 11.6 Å². The van der Waals surface area contributed by atoms with Gasteiger partial charge in [-0.05, 0) is 36.4 Å². The molecule has 2 unspecified atom stereocenters. The molecule has 7 N–H and O–H groups in total. The van der Waals surface area contributed by atoms with Gasteiger partial charge >= 0.3 is 0 Å². The molecule has 2 amide bonds. The molecule has 4 rings (SSSR count). The first-order valence-corrected chi connectivity index (χ1v) is 10.3. The number of hydrogen-bond donors (Lipinski definition) is 4. The minimum Gasteiger partial charge on any atom is -0.484 e. The molecule has 0 aliphatic carbocycles. The van der Waals surface area contributed by atoms with Crippen molar-refractivity contribution in [2.45, 2.75) is 17.5 Å². The second kappa shape index (κ2) is 8.56. The van der Waals surface area contributed by atoms with Crippen LogP contribution in [0.5, 0.6) is 0 Å². The van der Waals surface area contributed by atoms with Gasteiger partial charge in [-0.3, -0.25) is 9.59 Å². The van der Waals surface area contributed by atoms with E-state index in [1.807, 2.05) is 0 Å². The third kappa shape index (κ3) is 3.73. The van der Waals surface area contributed by atoms with E-state index in [9.17, 15) is 9.59 Å². The highest BCUT2D eigenvalue weighted by molar-refractivity contribution is 5.97. The minimum absolute atomic E-state index is 0.0519. The van der Waals surface area contributed by atoms with Gasteiger partial charge in [0.05, 0.1) is 18.2 Å². The van der Waals surface area contributed by atoms with Gasteiger partial charge in [-0.15, -0.1) is 0 Å². The van der Waals surface area contributed by atoms with Gasteiger partial charge in [-0.25, -0.2) is 14.4 Å². The number of primary amides is 2. The lowest BCUT2D eigenvalue weighted by molar-refractivity contribution is -0.124. The summed E-state index contributed by atoms with van der Waals surface area (Å²) in [6.45, 7) is 0. The average Bonchev–Trinajstić information content (AvgIpc) is 2.82. The number of nitrogens with zero attached hydrogens (tertiary/aromatic N) is 2. The molecule has 3 aromatic rings. The SMILES string of the molecule is COC1=NC=CC(N)(C(Nc2ccc3ccc(C(N)=O)cc3n2)(C(N)=O)c2ccccc2F)C1. The number of benzene rings is 2. The number of anilines is 1. The number of nitrogens with one attached hydrogen (secondary N) is 1. The van der Waals surface area contributed by atoms with Crippen molar-refractivity contribution >= 4 is 34.4 Å². The predicted octanol–water partition coefficient (Wildman–Crippen LogP) is 1.93. The van der Waals surface area contributed by atoms with Crippen molar-refractivity contribution < 1.29 is 18.7 Å². The van der Waals surface area contributed by atoms with Gasteiger partial charge < -0.3 is 27.3 Å². The Hall–Kier alpha value is -4.31. The van der Waals surface area contributed by atoms with Crippen molar-refractivity contribution in [2.75, 3.05) is 12.4 Å². The number of rotatable bonds is 6. The molecule has 2 atom stereocenters. The van der Waals surface area contributed by atoms with E-state index in [4.69, 9.17) is 21.9 Å². The molecule has 9 nitrogen and oxygen atoms in total. The summed E-state index contributed by atoms with van der Waals surface area (Å²) >= 11 is 0. The summed E-state index contributed by atoms with van der Waals surface area (Å²) in [6, 6.07) is 13.8. The van der Waals surface area contributed by atoms with E-state index in [0.717, 1.165) is 5.39 Å². The molecule has 0 saturated heterocycles. The van der Waals surface area contributed by atoms with Crippen LogP contribution in [0, 0.1) is 5.82 Å². The molecular formula is C24H23FN6O3. The van der Waals surface area contributed by atoms with Crippen molar-refractivity contribution in [1.29, 1.82) is 0 Å². The molecule has 1 aliphatic rings. The van der Waals surface area contributed by atoms with Crippen LogP contribution in [-0.2, 0) is 15.1 Å². The van der Waals surface area contributed by atoms with E-state index >= 15 is 4.39 Å². The molecule has 34 heavy (non-hydrogen) atoms. The zero-order valence-corrected chi connectivity index (χ0v) is 18.3. The summed E-state index contributed by atoms with van der Waals surface area (Å²) in [7, 11) is 1.42. The minimum atomic E-state index is -1.99. The Balaban J connectivity index is 1.92. The monoisotopic (exact) mass is 462 g/mol. The van der Waals surface area contributed by atoms with Crippen molar-refractivity contribution in [1.82, 2.24) is 4.98 Å². The van der Waals surface area contributed by atoms with E-state index in [-0.39, 0.29) is 29.3 Å². The Morgan fingerprint density at radius 3 is 2.56 bits per heavy atom. The fourth-order valence-corrected chi connectivity index (χ4v) is 4.15. The van der Waals surface area contributed by atoms with Gasteiger partial charge in [0, 0.05) is 29.1 Å². The highest BCUT2D eigenvalue weighted by atomic mass is 19.1. The number of amides is 2. The number of pyridine rings is 1. The highest BCUT2D eigenvalue weighted by Crippen LogP contribution is 2.41. The lowest BCUT2D eigenvalue weighted by Gasteiger charge is -2.46. The van der Waals surface area contributed by atoms with Crippen LogP contribution in [-0.4, -0.2) is 35.3 Å². The summed E-state index contributed by atoms with van der Waals surface area (Å²) in [5.74, 6) is -1.82. The van der Waals surface area contributed by atoms with Crippen LogP contribution in [0.2, 0.25) is 0 Å². The molecular weight excluding hydrogens is 439 g/mol. The van der Waals surface area contributed by atoms with Crippen molar-refractivity contribution in [3.05, 3.63) is 83.8 Å². The van der Waals surface area contributed by atoms with Crippen molar-refractivity contribution in [2.24, 2.45) is 22.2 Å². The number of ether oxygens (including phenoxy) is 1. The van der Waals surface area contributed by atoms with Gasteiger partial charge in [0.15, 0.2) is 11.4 Å². The summed E-state index contributed by atoms with van der Waals surface area (Å²) in [5, 5.41) is 3.74. The average molecular weight is 462 g/mol. The molecule has 1 aromatic heterocycles. The maximum Gasteiger partial charge on any atom is 0.250 e. The van der Waals surface area contributed by atoms with Crippen LogP contribution in [0.4, 0.5) is 10.2 Å². The quantitative estimate of drug-likeness (QED) is 0.438. The van der Waals surface area contributed by atoms with Crippen molar-refractivity contribution in [3.63, 3.8) is 0 Å². The molecule has 0 spiro atoms. The zero-order valence-electron chi connectivity index (χ0n) is 18.3. The van der Waals surface area contributed by atoms with Crippen molar-refractivity contribution in [3.8, 4) is 0 Å². The van der Waals surface area contributed by atoms with E-state index in [2.05, 4.69) is 15.3 Å². The Labute approximate surface area is 194 Å². The van der Waals surface area contributed by atoms with E-state index in [0.29, 0.717) is 5.52 Å². The number of nitrogens with two attached hydrogens (primary N) is 3. The van der Waals surface area contributed by atoms with Crippen LogP contribution in [0.25, 0.3) is 10.9 Å². The number of aliphatic imine (C=N–C) groups is 1. The van der Waals surface area contributed by atoms with Gasteiger partial charge in [0.2, 0.25) is 11.8 Å².